The molecule has 3 aromatic rings. The number of hydrogen-bond acceptors (Lipinski definition) is 2. The van der Waals surface area contributed by atoms with Gasteiger partial charge >= 0.3 is 6.18 Å². The number of rotatable bonds is 3. The average molecular weight is 321 g/mol. The molecule has 0 radical (unpaired) electrons. The lowest BCUT2D eigenvalue weighted by Gasteiger charge is -2.12. The lowest BCUT2D eigenvalue weighted by atomic mass is 10.1. The van der Waals surface area contributed by atoms with Crippen LogP contribution in [0.1, 0.15) is 17.4 Å². The van der Waals surface area contributed by atoms with Crippen LogP contribution in [0, 0.1) is 0 Å². The van der Waals surface area contributed by atoms with Crippen LogP contribution in [0.15, 0.2) is 54.7 Å². The minimum atomic E-state index is -4.39. The van der Waals surface area contributed by atoms with Gasteiger partial charge in [-0.2, -0.15) is 13.2 Å². The summed E-state index contributed by atoms with van der Waals surface area (Å²) >= 11 is 0. The molecule has 1 atom stereocenters. The third-order valence-corrected chi connectivity index (χ3v) is 3.71. The van der Waals surface area contributed by atoms with Crippen molar-refractivity contribution in [3.05, 3.63) is 65.9 Å². The van der Waals surface area contributed by atoms with Crippen molar-refractivity contribution in [2.24, 2.45) is 0 Å². The topological polar surface area (TPSA) is 34.4 Å². The summed E-state index contributed by atoms with van der Waals surface area (Å²) in [5.74, 6) is 0. The molecule has 2 aromatic carbocycles. The van der Waals surface area contributed by atoms with Crippen molar-refractivity contribution in [3.63, 3.8) is 0 Å². The average Bonchev–Trinajstić information content (AvgIpc) is 2.97. The van der Waals surface area contributed by atoms with Crippen LogP contribution in [0.3, 0.4) is 0 Å². The number of fused-ring (bicyclic) bond motifs is 1. The molecule has 1 unspecified atom stereocenters. The zero-order chi connectivity index (χ0) is 16.6. The minimum Gasteiger partial charge on any atom is -0.364 e. The summed E-state index contributed by atoms with van der Waals surface area (Å²) in [5, 5.41) is 10.6. The van der Waals surface area contributed by atoms with Gasteiger partial charge in [-0.25, -0.2) is 0 Å². The van der Waals surface area contributed by atoms with Crippen LogP contribution in [-0.2, 0) is 10.9 Å². The first-order valence-corrected chi connectivity index (χ1v) is 6.90. The molecule has 1 heterocycles. The summed E-state index contributed by atoms with van der Waals surface area (Å²) in [6, 6.07) is 12.1. The van der Waals surface area contributed by atoms with Crippen LogP contribution in [0.25, 0.3) is 16.6 Å². The first kappa shape index (κ1) is 15.6. The molecular weight excluding hydrogens is 307 g/mol. The van der Waals surface area contributed by atoms with Gasteiger partial charge < -0.3 is 14.4 Å². The van der Waals surface area contributed by atoms with Gasteiger partial charge in [-0.3, -0.25) is 0 Å². The van der Waals surface area contributed by atoms with Gasteiger partial charge in [-0.15, -0.1) is 0 Å². The summed E-state index contributed by atoms with van der Waals surface area (Å²) in [5.41, 5.74) is 0.956. The van der Waals surface area contributed by atoms with E-state index in [1.54, 1.807) is 41.1 Å². The third kappa shape index (κ3) is 2.83. The van der Waals surface area contributed by atoms with E-state index < -0.39 is 18.0 Å². The predicted molar refractivity (Wildman–Crippen MR) is 80.2 cm³/mol. The Balaban J connectivity index is 2.15. The highest BCUT2D eigenvalue weighted by atomic mass is 19.4. The largest absolute Gasteiger partial charge is 0.416 e. The number of aromatic nitrogens is 1. The molecule has 1 N–H and O–H groups in total. The highest BCUT2D eigenvalue weighted by Gasteiger charge is 2.30. The fraction of sp³-hybridized carbons (Fsp3) is 0.176. The van der Waals surface area contributed by atoms with E-state index in [0.717, 1.165) is 17.5 Å². The van der Waals surface area contributed by atoms with E-state index in [9.17, 15) is 18.3 Å². The highest BCUT2D eigenvalue weighted by molar-refractivity contribution is 5.85. The molecule has 120 valence electrons. The zero-order valence-corrected chi connectivity index (χ0v) is 12.2. The van der Waals surface area contributed by atoms with Crippen LogP contribution in [0.2, 0.25) is 0 Å². The SMILES string of the molecule is COC(O)c1cccc2c1ccn2-c1cccc(C(F)(F)F)c1. The van der Waals surface area contributed by atoms with Crippen LogP contribution in [0.5, 0.6) is 0 Å². The quantitative estimate of drug-likeness (QED) is 0.730. The molecule has 0 fully saturated rings. The van der Waals surface area contributed by atoms with E-state index in [-0.39, 0.29) is 0 Å². The number of benzene rings is 2. The van der Waals surface area contributed by atoms with Gasteiger partial charge in [0.15, 0.2) is 6.29 Å². The Bertz CT molecular complexity index is 839. The van der Waals surface area contributed by atoms with E-state index in [2.05, 4.69) is 0 Å². The molecule has 0 aliphatic rings. The number of alkyl halides is 3. The second kappa shape index (κ2) is 5.72. The van der Waals surface area contributed by atoms with Crippen molar-refractivity contribution in [2.45, 2.75) is 12.5 Å². The van der Waals surface area contributed by atoms with Crippen LogP contribution >= 0.6 is 0 Å². The number of aliphatic hydroxyl groups is 1. The molecule has 3 rings (SSSR count). The molecule has 23 heavy (non-hydrogen) atoms. The summed E-state index contributed by atoms with van der Waals surface area (Å²) in [7, 11) is 1.38. The van der Waals surface area contributed by atoms with Gasteiger partial charge in [-0.05, 0) is 30.3 Å². The van der Waals surface area contributed by atoms with Crippen LogP contribution in [0.4, 0.5) is 13.2 Å². The van der Waals surface area contributed by atoms with Crippen molar-refractivity contribution in [3.8, 4) is 5.69 Å². The van der Waals surface area contributed by atoms with Gasteiger partial charge in [0, 0.05) is 29.9 Å². The number of ether oxygens (including phenoxy) is 1. The monoisotopic (exact) mass is 321 g/mol. The van der Waals surface area contributed by atoms with Crippen molar-refractivity contribution in [1.82, 2.24) is 4.57 Å². The Hall–Kier alpha value is -2.31. The minimum absolute atomic E-state index is 0.402. The molecule has 0 saturated heterocycles. The Morgan fingerprint density at radius 1 is 1.09 bits per heavy atom. The molecule has 0 spiro atoms. The number of methoxy groups -OCH3 is 1. The lowest BCUT2D eigenvalue weighted by Crippen LogP contribution is -2.06. The van der Waals surface area contributed by atoms with Gasteiger partial charge in [0.1, 0.15) is 0 Å². The lowest BCUT2D eigenvalue weighted by molar-refractivity contribution is -0.137. The second-order valence-electron chi connectivity index (χ2n) is 5.10. The summed E-state index contributed by atoms with van der Waals surface area (Å²) < 4.78 is 45.2. The maximum Gasteiger partial charge on any atom is 0.416 e. The molecule has 1 aromatic heterocycles. The number of nitrogens with zero attached hydrogens (tertiary/aromatic N) is 1. The molecule has 0 aliphatic carbocycles. The van der Waals surface area contributed by atoms with Crippen molar-refractivity contribution in [2.75, 3.05) is 7.11 Å². The van der Waals surface area contributed by atoms with Gasteiger partial charge in [0.25, 0.3) is 0 Å². The zero-order valence-electron chi connectivity index (χ0n) is 12.2. The molecule has 6 heteroatoms. The Morgan fingerprint density at radius 2 is 1.83 bits per heavy atom. The van der Waals surface area contributed by atoms with Crippen LogP contribution < -0.4 is 0 Å². The van der Waals surface area contributed by atoms with E-state index in [0.29, 0.717) is 16.8 Å². The van der Waals surface area contributed by atoms with Gasteiger partial charge in [0.2, 0.25) is 0 Å². The fourth-order valence-corrected chi connectivity index (χ4v) is 2.59. The number of halogens is 3. The van der Waals surface area contributed by atoms with Gasteiger partial charge in [-0.1, -0.05) is 18.2 Å². The predicted octanol–water partition coefficient (Wildman–Crippen LogP) is 4.29. The second-order valence-corrected chi connectivity index (χ2v) is 5.10. The normalized spacial score (nSPS) is 13.4. The third-order valence-electron chi connectivity index (χ3n) is 3.71. The summed E-state index contributed by atoms with van der Waals surface area (Å²) in [6.45, 7) is 0. The van der Waals surface area contributed by atoms with Crippen LogP contribution in [-0.4, -0.2) is 16.8 Å². The summed E-state index contributed by atoms with van der Waals surface area (Å²) in [6.07, 6.45) is -3.81. The maximum atomic E-state index is 12.9. The molecule has 0 saturated carbocycles. The molecule has 0 amide bonds. The first-order valence-electron chi connectivity index (χ1n) is 6.90. The van der Waals surface area contributed by atoms with E-state index in [1.165, 1.54) is 13.2 Å². The highest BCUT2D eigenvalue weighted by Crippen LogP contribution is 2.32. The standard InChI is InChI=1S/C17H14F3NO2/c1-23-16(22)14-6-3-7-15-13(14)8-9-21(15)12-5-2-4-11(10-12)17(18,19)20/h2-10,16,22H,1H3. The Kier molecular flexibility index (Phi) is 3.87. The van der Waals surface area contributed by atoms with Crippen molar-refractivity contribution in [1.29, 1.82) is 0 Å². The smallest absolute Gasteiger partial charge is 0.364 e. The van der Waals surface area contributed by atoms with E-state index >= 15 is 0 Å². The Morgan fingerprint density at radius 3 is 2.52 bits per heavy atom. The molecule has 0 bridgehead atoms. The van der Waals surface area contributed by atoms with Crippen molar-refractivity contribution < 1.29 is 23.0 Å². The molecule has 0 aliphatic heterocycles. The number of hydrogen-bond donors (Lipinski definition) is 1. The first-order chi connectivity index (χ1) is 10.9. The maximum absolute atomic E-state index is 12.9. The molecule has 3 nitrogen and oxygen atoms in total. The summed E-state index contributed by atoms with van der Waals surface area (Å²) in [4.78, 5) is 0. The van der Waals surface area contributed by atoms with Crippen molar-refractivity contribution >= 4 is 10.9 Å². The van der Waals surface area contributed by atoms with E-state index in [4.69, 9.17) is 4.74 Å². The van der Waals surface area contributed by atoms with Gasteiger partial charge in [0.05, 0.1) is 11.1 Å². The molecular formula is C17H14F3NO2. The fourth-order valence-electron chi connectivity index (χ4n) is 2.59. The number of aliphatic hydroxyl groups excluding tert-OH is 1. The van der Waals surface area contributed by atoms with E-state index in [1.807, 2.05) is 0 Å². The Labute approximate surface area is 130 Å².